The average molecular weight is 451 g/mol. The molecule has 0 heterocycles. The first kappa shape index (κ1) is 22.8. The number of carboxylic acids is 1. The summed E-state index contributed by atoms with van der Waals surface area (Å²) >= 11 is 0. The summed E-state index contributed by atoms with van der Waals surface area (Å²) in [5.74, 6) is -1.16. The molecule has 7 nitrogen and oxygen atoms in total. The molecule has 1 atom stereocenters. The van der Waals surface area contributed by atoms with Crippen LogP contribution in [0.5, 0.6) is 0 Å². The van der Waals surface area contributed by atoms with E-state index in [0.717, 1.165) is 35.1 Å². The third kappa shape index (κ3) is 5.18. The molecule has 0 aliphatic heterocycles. The zero-order valence-electron chi connectivity index (χ0n) is 19.0. The van der Waals surface area contributed by atoms with E-state index in [2.05, 4.69) is 17.4 Å². The number of rotatable bonds is 9. The van der Waals surface area contributed by atoms with Gasteiger partial charge in [-0.3, -0.25) is 9.59 Å². The highest BCUT2D eigenvalue weighted by Gasteiger charge is 2.35. The number of nitrogens with zero attached hydrogens (tertiary/aromatic N) is 1. The van der Waals surface area contributed by atoms with Crippen LogP contribution >= 0.6 is 0 Å². The predicted molar refractivity (Wildman–Crippen MR) is 124 cm³/mol. The number of benzene rings is 2. The van der Waals surface area contributed by atoms with Crippen LogP contribution in [0, 0.1) is 5.92 Å². The summed E-state index contributed by atoms with van der Waals surface area (Å²) < 4.78 is 5.61. The van der Waals surface area contributed by atoms with Gasteiger partial charge in [0, 0.05) is 12.0 Å². The number of hydrogen-bond donors (Lipinski definition) is 2. The second kappa shape index (κ2) is 9.65. The number of hydrogen-bond acceptors (Lipinski definition) is 4. The van der Waals surface area contributed by atoms with E-state index in [9.17, 15) is 19.5 Å². The van der Waals surface area contributed by atoms with Crippen molar-refractivity contribution in [1.29, 1.82) is 0 Å². The van der Waals surface area contributed by atoms with Crippen molar-refractivity contribution in [3.63, 3.8) is 0 Å². The molecule has 0 radical (unpaired) electrons. The fourth-order valence-electron chi connectivity index (χ4n) is 4.55. The first-order chi connectivity index (χ1) is 15.8. The Kier molecular flexibility index (Phi) is 6.67. The van der Waals surface area contributed by atoms with Crippen molar-refractivity contribution in [3.8, 4) is 11.1 Å². The van der Waals surface area contributed by atoms with Crippen LogP contribution in [0.15, 0.2) is 48.5 Å². The van der Waals surface area contributed by atoms with Crippen LogP contribution in [-0.2, 0) is 14.3 Å². The van der Waals surface area contributed by atoms with Gasteiger partial charge in [-0.25, -0.2) is 4.79 Å². The monoisotopic (exact) mass is 450 g/mol. The Morgan fingerprint density at radius 1 is 1.03 bits per heavy atom. The molecular weight excluding hydrogens is 420 g/mol. The number of ether oxygens (including phenoxy) is 1. The summed E-state index contributed by atoms with van der Waals surface area (Å²) in [6, 6.07) is 15.1. The molecule has 4 rings (SSSR count). The molecule has 33 heavy (non-hydrogen) atoms. The Morgan fingerprint density at radius 3 is 2.12 bits per heavy atom. The van der Waals surface area contributed by atoms with Crippen LogP contribution < -0.4 is 5.32 Å². The van der Waals surface area contributed by atoms with Crippen molar-refractivity contribution in [2.45, 2.75) is 51.1 Å². The van der Waals surface area contributed by atoms with E-state index in [1.807, 2.05) is 36.4 Å². The number of alkyl carbamates (subject to hydrolysis) is 1. The lowest BCUT2D eigenvalue weighted by molar-refractivity contribution is -0.146. The van der Waals surface area contributed by atoms with Crippen molar-refractivity contribution in [1.82, 2.24) is 10.2 Å². The number of nitrogens with one attached hydrogen (secondary N) is 1. The molecule has 2 aliphatic carbocycles. The summed E-state index contributed by atoms with van der Waals surface area (Å²) in [5, 5.41) is 11.9. The third-order valence-corrected chi connectivity index (χ3v) is 6.41. The van der Waals surface area contributed by atoms with E-state index >= 15 is 0 Å². The van der Waals surface area contributed by atoms with Gasteiger partial charge in [0.05, 0.1) is 0 Å². The second-order valence-corrected chi connectivity index (χ2v) is 9.16. The molecular formula is C26H30N2O5. The van der Waals surface area contributed by atoms with Crippen molar-refractivity contribution < 1.29 is 24.2 Å². The van der Waals surface area contributed by atoms with Gasteiger partial charge >= 0.3 is 12.1 Å². The van der Waals surface area contributed by atoms with Crippen LogP contribution in [0.3, 0.4) is 0 Å². The van der Waals surface area contributed by atoms with Crippen LogP contribution in [0.1, 0.15) is 50.2 Å². The Hall–Kier alpha value is -3.35. The maximum atomic E-state index is 13.1. The van der Waals surface area contributed by atoms with Gasteiger partial charge in [0.25, 0.3) is 0 Å². The molecule has 1 fully saturated rings. The molecule has 2 aromatic carbocycles. The van der Waals surface area contributed by atoms with Gasteiger partial charge < -0.3 is 20.1 Å². The average Bonchev–Trinajstić information content (AvgIpc) is 3.55. The topological polar surface area (TPSA) is 95.9 Å². The van der Waals surface area contributed by atoms with E-state index in [0.29, 0.717) is 12.3 Å². The summed E-state index contributed by atoms with van der Waals surface area (Å²) in [5.41, 5.74) is 4.52. The zero-order chi connectivity index (χ0) is 23.5. The van der Waals surface area contributed by atoms with E-state index in [1.165, 1.54) is 4.90 Å². The van der Waals surface area contributed by atoms with Crippen molar-refractivity contribution in [2.24, 2.45) is 5.92 Å². The maximum Gasteiger partial charge on any atom is 0.407 e. The second-order valence-electron chi connectivity index (χ2n) is 9.16. The minimum absolute atomic E-state index is 0.0695. The third-order valence-electron chi connectivity index (χ3n) is 6.41. The van der Waals surface area contributed by atoms with Gasteiger partial charge in [0.1, 0.15) is 19.2 Å². The quantitative estimate of drug-likeness (QED) is 0.602. The van der Waals surface area contributed by atoms with E-state index in [-0.39, 0.29) is 24.5 Å². The molecule has 0 aromatic heterocycles. The van der Waals surface area contributed by atoms with Crippen molar-refractivity contribution in [2.75, 3.05) is 13.2 Å². The summed E-state index contributed by atoms with van der Waals surface area (Å²) in [7, 11) is 0. The van der Waals surface area contributed by atoms with Gasteiger partial charge in [0.15, 0.2) is 0 Å². The summed E-state index contributed by atoms with van der Waals surface area (Å²) in [4.78, 5) is 38.4. The molecule has 2 N–H and O–H groups in total. The highest BCUT2D eigenvalue weighted by atomic mass is 16.5. The van der Waals surface area contributed by atoms with E-state index < -0.39 is 24.6 Å². The van der Waals surface area contributed by atoms with Crippen LogP contribution in [0.4, 0.5) is 4.79 Å². The fourth-order valence-corrected chi connectivity index (χ4v) is 4.55. The first-order valence-electron chi connectivity index (χ1n) is 11.5. The number of carbonyl (C=O) groups excluding carboxylic acids is 2. The molecule has 2 amide bonds. The smallest absolute Gasteiger partial charge is 0.407 e. The Balaban J connectivity index is 1.44. The lowest BCUT2D eigenvalue weighted by atomic mass is 9.98. The number of amides is 2. The lowest BCUT2D eigenvalue weighted by Gasteiger charge is -2.29. The summed E-state index contributed by atoms with van der Waals surface area (Å²) in [6.45, 7) is 3.29. The van der Waals surface area contributed by atoms with Crippen LogP contribution in [0.25, 0.3) is 11.1 Å². The van der Waals surface area contributed by atoms with Gasteiger partial charge in [-0.15, -0.1) is 0 Å². The Bertz CT molecular complexity index is 1000. The molecule has 0 bridgehead atoms. The molecule has 0 spiro atoms. The minimum atomic E-state index is -1.08. The van der Waals surface area contributed by atoms with Gasteiger partial charge in [-0.1, -0.05) is 61.4 Å². The van der Waals surface area contributed by atoms with E-state index in [1.54, 1.807) is 13.8 Å². The molecule has 174 valence electrons. The van der Waals surface area contributed by atoms with Crippen LogP contribution in [0.2, 0.25) is 0 Å². The normalized spacial score (nSPS) is 15.5. The largest absolute Gasteiger partial charge is 0.480 e. The molecule has 2 aromatic rings. The number of carboxylic acid groups (broad SMARTS) is 1. The molecule has 0 saturated heterocycles. The first-order valence-corrected chi connectivity index (χ1v) is 11.5. The highest BCUT2D eigenvalue weighted by Crippen LogP contribution is 2.44. The van der Waals surface area contributed by atoms with E-state index in [4.69, 9.17) is 4.74 Å². The SMILES string of the molecule is CC(C)N(CC(=O)O)C(=O)C(CC1CC1)NC(=O)OCC1c2ccccc2-c2ccccc21. The van der Waals surface area contributed by atoms with Crippen molar-refractivity contribution in [3.05, 3.63) is 59.7 Å². The zero-order valence-corrected chi connectivity index (χ0v) is 19.0. The number of aliphatic carboxylic acids is 1. The van der Waals surface area contributed by atoms with Crippen LogP contribution in [-0.4, -0.2) is 53.2 Å². The Labute approximate surface area is 193 Å². The Morgan fingerprint density at radius 2 is 1.61 bits per heavy atom. The lowest BCUT2D eigenvalue weighted by Crippen LogP contribution is -2.52. The maximum absolute atomic E-state index is 13.1. The highest BCUT2D eigenvalue weighted by molar-refractivity contribution is 5.88. The van der Waals surface area contributed by atoms with Gasteiger partial charge in [-0.2, -0.15) is 0 Å². The minimum Gasteiger partial charge on any atom is -0.480 e. The molecule has 1 unspecified atom stereocenters. The molecule has 7 heteroatoms. The van der Waals surface area contributed by atoms with Gasteiger partial charge in [0.2, 0.25) is 5.91 Å². The van der Waals surface area contributed by atoms with Crippen molar-refractivity contribution >= 4 is 18.0 Å². The fraction of sp³-hybridized carbons (Fsp3) is 0.423. The summed E-state index contributed by atoms with van der Waals surface area (Å²) in [6.07, 6.45) is 1.86. The number of carbonyl (C=O) groups is 3. The number of fused-ring (bicyclic) bond motifs is 3. The predicted octanol–water partition coefficient (Wildman–Crippen LogP) is 4.02. The standard InChI is InChI=1S/C26H30N2O5/c1-16(2)28(14-24(29)30)25(31)23(13-17-11-12-17)27-26(32)33-15-22-20-9-5-3-7-18(20)19-8-4-6-10-21(19)22/h3-10,16-17,22-23H,11-15H2,1-2H3,(H,27,32)(H,29,30). The van der Waals surface area contributed by atoms with Gasteiger partial charge in [-0.05, 0) is 48.4 Å². The molecule has 2 aliphatic rings. The molecule has 1 saturated carbocycles.